The smallest absolute Gasteiger partial charge is 0.0687 e. The molecular weight excluding hydrogens is 280 g/mol. The second kappa shape index (κ2) is 5.86. The number of halogens is 1. The highest BCUT2D eigenvalue weighted by atomic mass is 79.9. The lowest BCUT2D eigenvalue weighted by Crippen LogP contribution is -2.30. The van der Waals surface area contributed by atoms with Gasteiger partial charge in [-0.2, -0.15) is 0 Å². The van der Waals surface area contributed by atoms with E-state index < -0.39 is 0 Å². The van der Waals surface area contributed by atoms with E-state index >= 15 is 0 Å². The Balaban J connectivity index is 2.13. The molecular formula is C12H13BrN4. The van der Waals surface area contributed by atoms with Crippen LogP contribution in [0.3, 0.4) is 0 Å². The minimum atomic E-state index is -0.0233. The number of rotatable bonds is 4. The molecule has 0 aliphatic heterocycles. The first-order valence-corrected chi connectivity index (χ1v) is 6.06. The number of aromatic nitrogens is 2. The van der Waals surface area contributed by atoms with Gasteiger partial charge in [0.2, 0.25) is 0 Å². The lowest BCUT2D eigenvalue weighted by Gasteiger charge is -2.14. The minimum absolute atomic E-state index is 0.0233. The summed E-state index contributed by atoms with van der Waals surface area (Å²) >= 11 is 3.36. The van der Waals surface area contributed by atoms with E-state index in [0.29, 0.717) is 6.42 Å². The molecule has 0 bridgehead atoms. The maximum atomic E-state index is 5.56. The quantitative estimate of drug-likeness (QED) is 0.668. The van der Waals surface area contributed by atoms with Crippen LogP contribution in [0, 0.1) is 0 Å². The molecule has 2 aromatic heterocycles. The van der Waals surface area contributed by atoms with Crippen molar-refractivity contribution in [3.05, 3.63) is 58.6 Å². The fourth-order valence-corrected chi connectivity index (χ4v) is 1.80. The van der Waals surface area contributed by atoms with Crippen LogP contribution in [0.1, 0.15) is 17.4 Å². The summed E-state index contributed by atoms with van der Waals surface area (Å²) in [4.78, 5) is 8.61. The first-order chi connectivity index (χ1) is 8.29. The maximum Gasteiger partial charge on any atom is 0.0687 e. The van der Waals surface area contributed by atoms with E-state index in [-0.39, 0.29) is 6.04 Å². The average Bonchev–Trinajstić information content (AvgIpc) is 2.39. The number of nitrogens with zero attached hydrogens (tertiary/aromatic N) is 2. The molecule has 5 heteroatoms. The summed E-state index contributed by atoms with van der Waals surface area (Å²) in [5, 5.41) is 0. The van der Waals surface area contributed by atoms with E-state index in [4.69, 9.17) is 5.84 Å². The number of hydrogen-bond acceptors (Lipinski definition) is 4. The normalized spacial score (nSPS) is 12.4. The van der Waals surface area contributed by atoms with Crippen molar-refractivity contribution in [1.82, 2.24) is 15.4 Å². The lowest BCUT2D eigenvalue weighted by molar-refractivity contribution is 0.533. The van der Waals surface area contributed by atoms with Crippen LogP contribution in [0.4, 0.5) is 0 Å². The average molecular weight is 293 g/mol. The summed E-state index contributed by atoms with van der Waals surface area (Å²) in [5.74, 6) is 5.56. The monoisotopic (exact) mass is 292 g/mol. The Bertz CT molecular complexity index is 458. The van der Waals surface area contributed by atoms with Crippen molar-refractivity contribution >= 4 is 15.9 Å². The largest absolute Gasteiger partial charge is 0.271 e. The van der Waals surface area contributed by atoms with Crippen LogP contribution in [0.25, 0.3) is 0 Å². The molecule has 3 N–H and O–H groups in total. The van der Waals surface area contributed by atoms with Crippen molar-refractivity contribution in [1.29, 1.82) is 0 Å². The molecule has 0 amide bonds. The predicted molar refractivity (Wildman–Crippen MR) is 69.9 cm³/mol. The van der Waals surface area contributed by atoms with Crippen molar-refractivity contribution in [2.24, 2.45) is 5.84 Å². The summed E-state index contributed by atoms with van der Waals surface area (Å²) in [6.07, 6.45) is 4.25. The second-order valence-corrected chi connectivity index (χ2v) is 4.56. The van der Waals surface area contributed by atoms with Gasteiger partial charge in [-0.1, -0.05) is 6.07 Å². The highest BCUT2D eigenvalue weighted by Gasteiger charge is 2.11. The Kier molecular flexibility index (Phi) is 4.19. The molecule has 1 unspecified atom stereocenters. The van der Waals surface area contributed by atoms with Crippen molar-refractivity contribution in [2.75, 3.05) is 0 Å². The zero-order chi connectivity index (χ0) is 12.1. The molecule has 88 valence electrons. The first-order valence-electron chi connectivity index (χ1n) is 5.27. The van der Waals surface area contributed by atoms with Crippen LogP contribution in [0.2, 0.25) is 0 Å². The van der Waals surface area contributed by atoms with E-state index in [1.54, 1.807) is 12.4 Å². The molecule has 0 aliphatic carbocycles. The van der Waals surface area contributed by atoms with Gasteiger partial charge >= 0.3 is 0 Å². The minimum Gasteiger partial charge on any atom is -0.271 e. The number of hydrogen-bond donors (Lipinski definition) is 2. The summed E-state index contributed by atoms with van der Waals surface area (Å²) in [6, 6.07) is 9.69. The van der Waals surface area contributed by atoms with E-state index in [9.17, 15) is 0 Å². The third kappa shape index (κ3) is 3.33. The van der Waals surface area contributed by atoms with Crippen LogP contribution in [-0.4, -0.2) is 9.97 Å². The Hall–Kier alpha value is -1.30. The van der Waals surface area contributed by atoms with Crippen molar-refractivity contribution in [3.8, 4) is 0 Å². The molecule has 0 aromatic carbocycles. The van der Waals surface area contributed by atoms with Gasteiger partial charge < -0.3 is 0 Å². The van der Waals surface area contributed by atoms with E-state index in [1.165, 1.54) is 0 Å². The van der Waals surface area contributed by atoms with E-state index in [2.05, 4.69) is 31.3 Å². The molecule has 4 nitrogen and oxygen atoms in total. The number of nitrogens with two attached hydrogens (primary N) is 1. The van der Waals surface area contributed by atoms with Gasteiger partial charge in [0.05, 0.1) is 11.7 Å². The van der Waals surface area contributed by atoms with Crippen molar-refractivity contribution < 1.29 is 0 Å². The highest BCUT2D eigenvalue weighted by Crippen LogP contribution is 2.15. The van der Waals surface area contributed by atoms with Crippen LogP contribution >= 0.6 is 15.9 Å². The standard InChI is InChI=1S/C12H13BrN4/c13-9-4-5-10(16-8-9)7-12(17-14)11-3-1-2-6-15-11/h1-6,8,12,17H,7,14H2. The molecule has 0 spiro atoms. The van der Waals surface area contributed by atoms with Gasteiger partial charge in [-0.25, -0.2) is 0 Å². The third-order valence-electron chi connectivity index (χ3n) is 2.45. The van der Waals surface area contributed by atoms with E-state index in [0.717, 1.165) is 15.9 Å². The highest BCUT2D eigenvalue weighted by molar-refractivity contribution is 9.10. The fourth-order valence-electron chi connectivity index (χ4n) is 1.57. The summed E-state index contributed by atoms with van der Waals surface area (Å²) < 4.78 is 0.969. The molecule has 1 atom stereocenters. The van der Waals surface area contributed by atoms with Gasteiger partial charge in [-0.05, 0) is 40.2 Å². The topological polar surface area (TPSA) is 63.8 Å². The summed E-state index contributed by atoms with van der Waals surface area (Å²) in [5.41, 5.74) is 4.66. The van der Waals surface area contributed by atoms with Crippen LogP contribution in [0.15, 0.2) is 47.2 Å². The molecule has 2 rings (SSSR count). The molecule has 2 heterocycles. The van der Waals surface area contributed by atoms with E-state index in [1.807, 2.05) is 30.3 Å². The number of nitrogens with one attached hydrogen (secondary N) is 1. The molecule has 2 aromatic rings. The van der Waals surface area contributed by atoms with Gasteiger partial charge in [0.1, 0.15) is 0 Å². The molecule has 0 radical (unpaired) electrons. The van der Waals surface area contributed by atoms with Gasteiger partial charge in [-0.3, -0.25) is 21.2 Å². The first kappa shape index (κ1) is 12.2. The zero-order valence-corrected chi connectivity index (χ0v) is 10.8. The Labute approximate surface area is 108 Å². The SMILES string of the molecule is NNC(Cc1ccc(Br)cn1)c1ccccn1. The van der Waals surface area contributed by atoms with Crippen LogP contribution in [-0.2, 0) is 6.42 Å². The summed E-state index contributed by atoms with van der Waals surface area (Å²) in [7, 11) is 0. The molecule has 0 saturated heterocycles. The number of pyridine rings is 2. The van der Waals surface area contributed by atoms with Gasteiger partial charge in [0.25, 0.3) is 0 Å². The summed E-state index contributed by atoms with van der Waals surface area (Å²) in [6.45, 7) is 0. The van der Waals surface area contributed by atoms with Gasteiger partial charge in [-0.15, -0.1) is 0 Å². The van der Waals surface area contributed by atoms with Gasteiger partial charge in [0, 0.05) is 29.0 Å². The van der Waals surface area contributed by atoms with Crippen molar-refractivity contribution in [2.45, 2.75) is 12.5 Å². The Morgan fingerprint density at radius 1 is 1.24 bits per heavy atom. The fraction of sp³-hybridized carbons (Fsp3) is 0.167. The molecule has 0 saturated carbocycles. The lowest BCUT2D eigenvalue weighted by atomic mass is 10.1. The van der Waals surface area contributed by atoms with Gasteiger partial charge in [0.15, 0.2) is 0 Å². The molecule has 0 fully saturated rings. The Morgan fingerprint density at radius 3 is 2.71 bits per heavy atom. The van der Waals surface area contributed by atoms with Crippen LogP contribution < -0.4 is 11.3 Å². The van der Waals surface area contributed by atoms with Crippen LogP contribution in [0.5, 0.6) is 0 Å². The third-order valence-corrected chi connectivity index (χ3v) is 2.92. The maximum absolute atomic E-state index is 5.56. The zero-order valence-electron chi connectivity index (χ0n) is 9.18. The molecule has 0 aliphatic rings. The van der Waals surface area contributed by atoms with Crippen molar-refractivity contribution in [3.63, 3.8) is 0 Å². The molecule has 17 heavy (non-hydrogen) atoms. The number of hydrazine groups is 1. The second-order valence-electron chi connectivity index (χ2n) is 3.65. The predicted octanol–water partition coefficient (Wildman–Crippen LogP) is 1.99. The Morgan fingerprint density at radius 2 is 2.12 bits per heavy atom.